The highest BCUT2D eigenvalue weighted by Gasteiger charge is 2.09. The largest absolute Gasteiger partial charge is 0.423 e. The summed E-state index contributed by atoms with van der Waals surface area (Å²) in [6.45, 7) is 2.00. The maximum atomic E-state index is 12.9. The molecule has 4 heteroatoms. The van der Waals surface area contributed by atoms with Crippen molar-refractivity contribution < 1.29 is 18.7 Å². The molecule has 0 aliphatic heterocycles. The molecule has 3 nitrogen and oxygen atoms in total. The highest BCUT2D eigenvalue weighted by atomic mass is 19.1. The molecule has 0 saturated carbocycles. The van der Waals surface area contributed by atoms with E-state index in [1.165, 1.54) is 30.3 Å². The molecule has 27 heavy (non-hydrogen) atoms. The van der Waals surface area contributed by atoms with Gasteiger partial charge in [-0.05, 0) is 67.1 Å². The molecule has 3 rings (SSSR count). The molecule has 0 saturated heterocycles. The van der Waals surface area contributed by atoms with Gasteiger partial charge in [0.1, 0.15) is 11.6 Å². The summed E-state index contributed by atoms with van der Waals surface area (Å²) in [5.74, 6) is -0.850. The summed E-state index contributed by atoms with van der Waals surface area (Å²) in [7, 11) is 0. The average Bonchev–Trinajstić information content (AvgIpc) is 2.68. The lowest BCUT2D eigenvalue weighted by Crippen LogP contribution is -2.08. The number of halogens is 1. The van der Waals surface area contributed by atoms with E-state index < -0.39 is 11.8 Å². The maximum absolute atomic E-state index is 12.9. The predicted octanol–water partition coefficient (Wildman–Crippen LogP) is 5.25. The molecular weight excluding hydrogens is 343 g/mol. The number of ketones is 1. The van der Waals surface area contributed by atoms with E-state index in [1.807, 2.05) is 31.2 Å². The van der Waals surface area contributed by atoms with Gasteiger partial charge in [-0.25, -0.2) is 9.18 Å². The van der Waals surface area contributed by atoms with Crippen LogP contribution < -0.4 is 4.74 Å². The topological polar surface area (TPSA) is 43.4 Å². The van der Waals surface area contributed by atoms with Crippen molar-refractivity contribution in [1.29, 1.82) is 0 Å². The lowest BCUT2D eigenvalue weighted by molar-refractivity contribution is 0.0734. The highest BCUT2D eigenvalue weighted by molar-refractivity contribution is 6.06. The zero-order chi connectivity index (χ0) is 19.2. The van der Waals surface area contributed by atoms with Crippen molar-refractivity contribution in [1.82, 2.24) is 0 Å². The van der Waals surface area contributed by atoms with Crippen LogP contribution in [0, 0.1) is 12.7 Å². The van der Waals surface area contributed by atoms with Gasteiger partial charge in [-0.3, -0.25) is 4.79 Å². The molecule has 0 aromatic heterocycles. The number of esters is 1. The fourth-order valence-corrected chi connectivity index (χ4v) is 2.38. The Balaban J connectivity index is 1.64. The van der Waals surface area contributed by atoms with Crippen LogP contribution in [0.3, 0.4) is 0 Å². The van der Waals surface area contributed by atoms with E-state index in [-0.39, 0.29) is 11.3 Å². The summed E-state index contributed by atoms with van der Waals surface area (Å²) < 4.78 is 18.1. The third-order valence-electron chi connectivity index (χ3n) is 3.93. The van der Waals surface area contributed by atoms with Crippen LogP contribution in [0.4, 0.5) is 4.39 Å². The van der Waals surface area contributed by atoms with Gasteiger partial charge in [-0.15, -0.1) is 0 Å². The van der Waals surface area contributed by atoms with Gasteiger partial charge in [0.05, 0.1) is 5.56 Å². The highest BCUT2D eigenvalue weighted by Crippen LogP contribution is 2.16. The van der Waals surface area contributed by atoms with E-state index in [9.17, 15) is 14.0 Å². The molecule has 0 spiro atoms. The molecule has 0 unspecified atom stereocenters. The Morgan fingerprint density at radius 1 is 0.815 bits per heavy atom. The molecular formula is C23H17FO3. The Bertz CT molecular complexity index is 970. The fraction of sp³-hybridized carbons (Fsp3) is 0.0435. The smallest absolute Gasteiger partial charge is 0.343 e. The maximum Gasteiger partial charge on any atom is 0.343 e. The van der Waals surface area contributed by atoms with Crippen molar-refractivity contribution in [2.45, 2.75) is 6.92 Å². The van der Waals surface area contributed by atoms with Crippen molar-refractivity contribution in [2.24, 2.45) is 0 Å². The van der Waals surface area contributed by atoms with Crippen molar-refractivity contribution >= 4 is 17.8 Å². The molecule has 0 aliphatic rings. The van der Waals surface area contributed by atoms with Crippen LogP contribution in [0.15, 0.2) is 78.9 Å². The normalized spacial score (nSPS) is 10.7. The first-order valence-corrected chi connectivity index (χ1v) is 8.38. The standard InChI is InChI=1S/C23H17FO3/c1-16-2-4-17(5-3-16)6-15-22(25)18-9-13-21(14-10-18)27-23(26)19-7-11-20(24)12-8-19/h2-15H,1H3. The number of ether oxygens (including phenoxy) is 1. The Morgan fingerprint density at radius 2 is 1.41 bits per heavy atom. The van der Waals surface area contributed by atoms with Crippen LogP contribution >= 0.6 is 0 Å². The second-order valence-corrected chi connectivity index (χ2v) is 6.03. The summed E-state index contributed by atoms with van der Waals surface area (Å²) in [6, 6.07) is 19.2. The monoisotopic (exact) mass is 360 g/mol. The third-order valence-corrected chi connectivity index (χ3v) is 3.93. The molecule has 0 heterocycles. The second-order valence-electron chi connectivity index (χ2n) is 6.03. The van der Waals surface area contributed by atoms with Crippen molar-refractivity contribution in [3.63, 3.8) is 0 Å². The van der Waals surface area contributed by atoms with Crippen LogP contribution in [0.5, 0.6) is 5.75 Å². The van der Waals surface area contributed by atoms with Gasteiger partial charge in [0.15, 0.2) is 5.78 Å². The van der Waals surface area contributed by atoms with Crippen LogP contribution in [0.1, 0.15) is 31.8 Å². The Morgan fingerprint density at radius 3 is 2.04 bits per heavy atom. The van der Waals surface area contributed by atoms with Gasteiger partial charge in [-0.1, -0.05) is 35.9 Å². The predicted molar refractivity (Wildman–Crippen MR) is 102 cm³/mol. The first-order chi connectivity index (χ1) is 13.0. The van der Waals surface area contributed by atoms with Crippen LogP contribution in [-0.4, -0.2) is 11.8 Å². The summed E-state index contributed by atoms with van der Waals surface area (Å²) >= 11 is 0. The number of carbonyl (C=O) groups excluding carboxylic acids is 2. The third kappa shape index (κ3) is 4.98. The summed E-state index contributed by atoms with van der Waals surface area (Å²) in [5, 5.41) is 0. The van der Waals surface area contributed by atoms with Crippen LogP contribution in [0.2, 0.25) is 0 Å². The number of aryl methyl sites for hydroxylation is 1. The van der Waals surface area contributed by atoms with Crippen molar-refractivity contribution in [2.75, 3.05) is 0 Å². The number of hydrogen-bond donors (Lipinski definition) is 0. The zero-order valence-corrected chi connectivity index (χ0v) is 14.7. The van der Waals surface area contributed by atoms with Gasteiger partial charge < -0.3 is 4.74 Å². The molecule has 0 atom stereocenters. The summed E-state index contributed by atoms with van der Waals surface area (Å²) in [4.78, 5) is 24.2. The van der Waals surface area contributed by atoms with Crippen molar-refractivity contribution in [3.8, 4) is 5.75 Å². The molecule has 0 aliphatic carbocycles. The van der Waals surface area contributed by atoms with Crippen LogP contribution in [-0.2, 0) is 0 Å². The van der Waals surface area contributed by atoms with E-state index in [1.54, 1.807) is 30.3 Å². The average molecular weight is 360 g/mol. The van der Waals surface area contributed by atoms with E-state index >= 15 is 0 Å². The number of hydrogen-bond acceptors (Lipinski definition) is 3. The number of benzene rings is 3. The first-order valence-electron chi connectivity index (χ1n) is 8.38. The van der Waals surface area contributed by atoms with E-state index in [4.69, 9.17) is 4.74 Å². The minimum Gasteiger partial charge on any atom is -0.423 e. The molecule has 3 aromatic carbocycles. The minimum absolute atomic E-state index is 0.146. The Labute approximate surface area is 156 Å². The zero-order valence-electron chi connectivity index (χ0n) is 14.7. The van der Waals surface area contributed by atoms with Gasteiger partial charge in [-0.2, -0.15) is 0 Å². The van der Waals surface area contributed by atoms with E-state index in [2.05, 4.69) is 0 Å². The van der Waals surface area contributed by atoms with E-state index in [0.717, 1.165) is 11.1 Å². The molecule has 0 radical (unpaired) electrons. The lowest BCUT2D eigenvalue weighted by atomic mass is 10.1. The Kier molecular flexibility index (Phi) is 5.57. The lowest BCUT2D eigenvalue weighted by Gasteiger charge is -2.05. The summed E-state index contributed by atoms with van der Waals surface area (Å²) in [5.41, 5.74) is 2.83. The first kappa shape index (κ1) is 18.3. The van der Waals surface area contributed by atoms with Crippen molar-refractivity contribution in [3.05, 3.63) is 107 Å². The quantitative estimate of drug-likeness (QED) is 0.270. The molecule has 0 fully saturated rings. The van der Waals surface area contributed by atoms with Gasteiger partial charge in [0.2, 0.25) is 0 Å². The molecule has 0 amide bonds. The van der Waals surface area contributed by atoms with Gasteiger partial charge >= 0.3 is 5.97 Å². The SMILES string of the molecule is Cc1ccc(C=CC(=O)c2ccc(OC(=O)c3ccc(F)cc3)cc2)cc1. The summed E-state index contributed by atoms with van der Waals surface area (Å²) in [6.07, 6.45) is 3.26. The van der Waals surface area contributed by atoms with Gasteiger partial charge in [0.25, 0.3) is 0 Å². The number of allylic oxidation sites excluding steroid dienone is 1. The van der Waals surface area contributed by atoms with Crippen LogP contribution in [0.25, 0.3) is 6.08 Å². The number of carbonyl (C=O) groups is 2. The second kappa shape index (κ2) is 8.23. The number of rotatable bonds is 5. The fourth-order valence-electron chi connectivity index (χ4n) is 2.38. The van der Waals surface area contributed by atoms with E-state index in [0.29, 0.717) is 11.3 Å². The minimum atomic E-state index is -0.589. The molecule has 3 aromatic rings. The molecule has 0 N–H and O–H groups in total. The van der Waals surface area contributed by atoms with Gasteiger partial charge in [0, 0.05) is 5.56 Å². The molecule has 0 bridgehead atoms. The Hall–Kier alpha value is -3.53. The molecule has 134 valence electrons.